The molecule has 0 aliphatic carbocycles. The van der Waals surface area contributed by atoms with E-state index in [0.717, 1.165) is 17.9 Å². The molecule has 4 N–H and O–H groups in total. The van der Waals surface area contributed by atoms with E-state index in [2.05, 4.69) is 25.9 Å². The van der Waals surface area contributed by atoms with E-state index in [1.807, 2.05) is 17.7 Å². The maximum atomic E-state index is 5.51. The number of hydrogen-bond donors (Lipinski definition) is 3. The summed E-state index contributed by atoms with van der Waals surface area (Å²) in [5.74, 6) is 5.51. The van der Waals surface area contributed by atoms with Crippen LogP contribution < -0.4 is 11.3 Å². The zero-order valence-corrected chi connectivity index (χ0v) is 8.38. The van der Waals surface area contributed by atoms with Crippen molar-refractivity contribution in [1.82, 2.24) is 30.6 Å². The van der Waals surface area contributed by atoms with Gasteiger partial charge in [-0.05, 0) is 13.0 Å². The van der Waals surface area contributed by atoms with Crippen LogP contribution in [0.1, 0.15) is 24.4 Å². The van der Waals surface area contributed by atoms with Gasteiger partial charge in [0.15, 0.2) is 0 Å². The predicted octanol–water partition coefficient (Wildman–Crippen LogP) is -0.426. The molecule has 15 heavy (non-hydrogen) atoms. The molecule has 2 aromatic rings. The molecule has 0 spiro atoms. The lowest BCUT2D eigenvalue weighted by Crippen LogP contribution is -2.31. The Morgan fingerprint density at radius 3 is 3.13 bits per heavy atom. The van der Waals surface area contributed by atoms with Gasteiger partial charge in [-0.2, -0.15) is 20.5 Å². The quantitative estimate of drug-likeness (QED) is 0.467. The summed E-state index contributed by atoms with van der Waals surface area (Å²) >= 11 is 0. The standard InChI is InChI=1S/C8H13N7/c1-2-15-7(3-4-11-15)8(12-9)6-5-10-14-13-6/h3-5,8,12H,2,9H2,1H3,(H,10,13,14). The van der Waals surface area contributed by atoms with Crippen molar-refractivity contribution < 1.29 is 0 Å². The number of H-pyrrole nitrogens is 1. The molecule has 0 saturated carbocycles. The van der Waals surface area contributed by atoms with Gasteiger partial charge in [0.05, 0.1) is 11.9 Å². The van der Waals surface area contributed by atoms with Gasteiger partial charge in [0.1, 0.15) is 11.7 Å². The van der Waals surface area contributed by atoms with Crippen LogP contribution in [0.5, 0.6) is 0 Å². The first-order valence-corrected chi connectivity index (χ1v) is 4.70. The van der Waals surface area contributed by atoms with Crippen molar-refractivity contribution in [1.29, 1.82) is 0 Å². The third kappa shape index (κ3) is 1.74. The average molecular weight is 207 g/mol. The van der Waals surface area contributed by atoms with Crippen molar-refractivity contribution in [3.05, 3.63) is 29.8 Å². The van der Waals surface area contributed by atoms with Crippen molar-refractivity contribution in [2.75, 3.05) is 0 Å². The lowest BCUT2D eigenvalue weighted by atomic mass is 10.1. The molecular weight excluding hydrogens is 194 g/mol. The fourth-order valence-corrected chi connectivity index (χ4v) is 1.52. The van der Waals surface area contributed by atoms with Gasteiger partial charge in [0, 0.05) is 12.7 Å². The molecule has 0 amide bonds. The van der Waals surface area contributed by atoms with E-state index < -0.39 is 0 Å². The minimum absolute atomic E-state index is 0.189. The summed E-state index contributed by atoms with van der Waals surface area (Å²) in [5, 5.41) is 14.5. The summed E-state index contributed by atoms with van der Waals surface area (Å²) in [6.07, 6.45) is 3.38. The van der Waals surface area contributed by atoms with Crippen LogP contribution in [0, 0.1) is 0 Å². The summed E-state index contributed by atoms with van der Waals surface area (Å²) in [5.41, 5.74) is 4.41. The highest BCUT2D eigenvalue weighted by atomic mass is 15.4. The Bertz CT molecular complexity index is 404. The molecular formula is C8H13N7. The van der Waals surface area contributed by atoms with Crippen LogP contribution in [-0.2, 0) is 6.54 Å². The molecule has 1 unspecified atom stereocenters. The molecule has 0 aliphatic heterocycles. The normalized spacial score (nSPS) is 12.9. The summed E-state index contributed by atoms with van der Waals surface area (Å²) < 4.78 is 1.86. The Kier molecular flexibility index (Phi) is 2.75. The predicted molar refractivity (Wildman–Crippen MR) is 53.4 cm³/mol. The Morgan fingerprint density at radius 1 is 1.67 bits per heavy atom. The molecule has 2 aromatic heterocycles. The monoisotopic (exact) mass is 207 g/mol. The number of nitrogens with one attached hydrogen (secondary N) is 2. The fraction of sp³-hybridized carbons (Fsp3) is 0.375. The largest absolute Gasteiger partial charge is 0.270 e. The first-order valence-electron chi connectivity index (χ1n) is 4.70. The highest BCUT2D eigenvalue weighted by Crippen LogP contribution is 2.17. The second-order valence-electron chi connectivity index (χ2n) is 3.07. The van der Waals surface area contributed by atoms with E-state index in [0.29, 0.717) is 0 Å². The summed E-state index contributed by atoms with van der Waals surface area (Å²) in [4.78, 5) is 0. The van der Waals surface area contributed by atoms with Crippen molar-refractivity contribution in [3.8, 4) is 0 Å². The minimum Gasteiger partial charge on any atom is -0.270 e. The Labute approximate surface area is 86.6 Å². The molecule has 0 radical (unpaired) electrons. The van der Waals surface area contributed by atoms with Gasteiger partial charge in [0.2, 0.25) is 0 Å². The summed E-state index contributed by atoms with van der Waals surface area (Å²) in [7, 11) is 0. The number of hydrogen-bond acceptors (Lipinski definition) is 5. The Balaban J connectivity index is 2.35. The first kappa shape index (κ1) is 9.81. The van der Waals surface area contributed by atoms with Gasteiger partial charge < -0.3 is 0 Å². The van der Waals surface area contributed by atoms with Crippen LogP contribution in [-0.4, -0.2) is 25.2 Å². The van der Waals surface area contributed by atoms with Gasteiger partial charge in [-0.15, -0.1) is 0 Å². The van der Waals surface area contributed by atoms with E-state index in [9.17, 15) is 0 Å². The highest BCUT2D eigenvalue weighted by molar-refractivity contribution is 5.18. The van der Waals surface area contributed by atoms with Crippen LogP contribution in [0.4, 0.5) is 0 Å². The second kappa shape index (κ2) is 4.20. The molecule has 0 aliphatic rings. The topological polar surface area (TPSA) is 97.4 Å². The number of nitrogens with two attached hydrogens (primary N) is 1. The van der Waals surface area contributed by atoms with Crippen molar-refractivity contribution >= 4 is 0 Å². The number of nitrogens with zero attached hydrogens (tertiary/aromatic N) is 4. The maximum Gasteiger partial charge on any atom is 0.108 e. The molecule has 2 rings (SSSR count). The van der Waals surface area contributed by atoms with E-state index in [4.69, 9.17) is 5.84 Å². The van der Waals surface area contributed by atoms with Crippen LogP contribution in [0.3, 0.4) is 0 Å². The Morgan fingerprint density at radius 2 is 2.53 bits per heavy atom. The third-order valence-corrected chi connectivity index (χ3v) is 2.24. The van der Waals surface area contributed by atoms with Crippen molar-refractivity contribution in [3.63, 3.8) is 0 Å². The molecule has 0 saturated heterocycles. The van der Waals surface area contributed by atoms with Crippen LogP contribution >= 0.6 is 0 Å². The van der Waals surface area contributed by atoms with E-state index in [1.54, 1.807) is 12.4 Å². The molecule has 1 atom stereocenters. The van der Waals surface area contributed by atoms with Gasteiger partial charge in [-0.25, -0.2) is 5.43 Å². The Hall–Kier alpha value is -1.73. The molecule has 2 heterocycles. The van der Waals surface area contributed by atoms with Crippen molar-refractivity contribution in [2.45, 2.75) is 19.5 Å². The van der Waals surface area contributed by atoms with Crippen LogP contribution in [0.15, 0.2) is 18.5 Å². The van der Waals surface area contributed by atoms with Crippen LogP contribution in [0.25, 0.3) is 0 Å². The minimum atomic E-state index is -0.189. The fourth-order valence-electron chi connectivity index (χ4n) is 1.52. The van der Waals surface area contributed by atoms with E-state index in [1.165, 1.54) is 0 Å². The maximum absolute atomic E-state index is 5.51. The smallest absolute Gasteiger partial charge is 0.108 e. The van der Waals surface area contributed by atoms with Crippen LogP contribution in [0.2, 0.25) is 0 Å². The second-order valence-corrected chi connectivity index (χ2v) is 3.07. The lowest BCUT2D eigenvalue weighted by Gasteiger charge is -2.14. The summed E-state index contributed by atoms with van der Waals surface area (Å²) in [6, 6.07) is 1.72. The molecule has 0 fully saturated rings. The van der Waals surface area contributed by atoms with Gasteiger partial charge in [0.25, 0.3) is 0 Å². The van der Waals surface area contributed by atoms with E-state index in [-0.39, 0.29) is 6.04 Å². The number of aromatic nitrogens is 5. The van der Waals surface area contributed by atoms with E-state index >= 15 is 0 Å². The molecule has 7 heteroatoms. The van der Waals surface area contributed by atoms with Gasteiger partial charge in [-0.3, -0.25) is 10.5 Å². The molecule has 80 valence electrons. The SMILES string of the molecule is CCn1nccc1C(NN)c1cn[nH]n1. The zero-order chi connectivity index (χ0) is 10.7. The summed E-state index contributed by atoms with van der Waals surface area (Å²) in [6.45, 7) is 2.81. The number of aryl methyl sites for hydroxylation is 1. The van der Waals surface area contributed by atoms with Gasteiger partial charge in [-0.1, -0.05) is 0 Å². The number of hydrazine groups is 1. The number of aromatic amines is 1. The first-order chi connectivity index (χ1) is 7.36. The lowest BCUT2D eigenvalue weighted by molar-refractivity contribution is 0.535. The average Bonchev–Trinajstić information content (AvgIpc) is 2.89. The zero-order valence-electron chi connectivity index (χ0n) is 8.38. The van der Waals surface area contributed by atoms with Gasteiger partial charge >= 0.3 is 0 Å². The van der Waals surface area contributed by atoms with Crippen molar-refractivity contribution in [2.24, 2.45) is 5.84 Å². The number of rotatable bonds is 4. The molecule has 0 aromatic carbocycles. The highest BCUT2D eigenvalue weighted by Gasteiger charge is 2.18. The molecule has 0 bridgehead atoms. The third-order valence-electron chi connectivity index (χ3n) is 2.24. The molecule has 7 nitrogen and oxygen atoms in total.